The van der Waals surface area contributed by atoms with E-state index in [0.29, 0.717) is 19.0 Å². The van der Waals surface area contributed by atoms with Crippen LogP contribution in [0.5, 0.6) is 0 Å². The number of nitrogens with zero attached hydrogens (tertiary/aromatic N) is 1. The lowest BCUT2D eigenvalue weighted by Gasteiger charge is -2.38. The number of hydrogen-bond donors (Lipinski definition) is 0. The number of rotatable bonds is 5. The molecular formula is C17H22ClNO3S. The molecule has 126 valence electrons. The summed E-state index contributed by atoms with van der Waals surface area (Å²) < 4.78 is 11.2. The van der Waals surface area contributed by atoms with Gasteiger partial charge in [-0.2, -0.15) is 0 Å². The average molecular weight is 356 g/mol. The molecule has 0 aromatic heterocycles. The van der Waals surface area contributed by atoms with E-state index in [1.54, 1.807) is 11.8 Å². The molecule has 23 heavy (non-hydrogen) atoms. The first-order chi connectivity index (χ1) is 11.2. The first-order valence-corrected chi connectivity index (χ1v) is 9.62. The highest BCUT2D eigenvalue weighted by Crippen LogP contribution is 2.25. The number of amides is 1. The Morgan fingerprint density at radius 2 is 2.13 bits per heavy atom. The molecule has 6 heteroatoms. The summed E-state index contributed by atoms with van der Waals surface area (Å²) in [6.45, 7) is 2.07. The molecule has 0 saturated carbocycles. The zero-order valence-electron chi connectivity index (χ0n) is 13.1. The number of hydrogen-bond acceptors (Lipinski definition) is 4. The fraction of sp³-hybridized carbons (Fsp3) is 0.588. The summed E-state index contributed by atoms with van der Waals surface area (Å²) in [5, 5.41) is 0.737. The Hall–Kier alpha value is -0.750. The third-order valence-corrected chi connectivity index (χ3v) is 5.44. The fourth-order valence-corrected chi connectivity index (χ4v) is 4.19. The predicted octanol–water partition coefficient (Wildman–Crippen LogP) is 3.33. The summed E-state index contributed by atoms with van der Waals surface area (Å²) in [5.74, 6) is 1.46. The van der Waals surface area contributed by atoms with Crippen molar-refractivity contribution in [2.75, 3.05) is 25.5 Å². The molecule has 1 amide bonds. The van der Waals surface area contributed by atoms with Crippen LogP contribution in [0.1, 0.15) is 24.8 Å². The van der Waals surface area contributed by atoms with Crippen molar-refractivity contribution < 1.29 is 14.3 Å². The Balaban J connectivity index is 1.51. The van der Waals surface area contributed by atoms with Crippen LogP contribution in [0, 0.1) is 0 Å². The third kappa shape index (κ3) is 4.63. The van der Waals surface area contributed by atoms with Gasteiger partial charge in [0, 0.05) is 17.3 Å². The Bertz CT molecular complexity index is 536. The van der Waals surface area contributed by atoms with Crippen LogP contribution < -0.4 is 0 Å². The van der Waals surface area contributed by atoms with E-state index < -0.39 is 0 Å². The maximum atomic E-state index is 12.6. The van der Waals surface area contributed by atoms with Crippen molar-refractivity contribution in [1.82, 2.24) is 4.90 Å². The molecule has 1 atom stereocenters. The second-order valence-corrected chi connectivity index (χ2v) is 7.30. The second-order valence-electron chi connectivity index (χ2n) is 5.88. The molecular weight excluding hydrogens is 334 g/mol. The van der Waals surface area contributed by atoms with Crippen LogP contribution >= 0.6 is 23.4 Å². The van der Waals surface area contributed by atoms with E-state index in [1.165, 1.54) is 0 Å². The normalized spacial score (nSPS) is 22.5. The van der Waals surface area contributed by atoms with E-state index in [9.17, 15) is 4.79 Å². The highest BCUT2D eigenvalue weighted by molar-refractivity contribution is 7.99. The molecule has 3 rings (SSSR count). The Kier molecular flexibility index (Phi) is 6.22. The molecule has 1 aromatic carbocycles. The van der Waals surface area contributed by atoms with Crippen molar-refractivity contribution in [3.8, 4) is 0 Å². The van der Waals surface area contributed by atoms with E-state index in [2.05, 4.69) is 0 Å². The monoisotopic (exact) mass is 355 g/mol. The number of carbonyl (C=O) groups is 1. The number of halogens is 1. The molecule has 2 fully saturated rings. The minimum Gasteiger partial charge on any atom is -0.348 e. The summed E-state index contributed by atoms with van der Waals surface area (Å²) >= 11 is 7.62. The molecule has 0 spiro atoms. The molecule has 2 aliphatic heterocycles. The van der Waals surface area contributed by atoms with Gasteiger partial charge in [0.25, 0.3) is 0 Å². The van der Waals surface area contributed by atoms with Gasteiger partial charge in [-0.25, -0.2) is 0 Å². The minimum atomic E-state index is -0.239. The van der Waals surface area contributed by atoms with Crippen LogP contribution in [-0.4, -0.2) is 48.7 Å². The lowest BCUT2D eigenvalue weighted by molar-refractivity contribution is -0.148. The molecule has 2 aliphatic rings. The SMILES string of the molecule is O=C(CSCc1cccc(Cl)c1)N1CCCCC1C1OCCO1. The van der Waals surface area contributed by atoms with Crippen LogP contribution in [0.3, 0.4) is 0 Å². The van der Waals surface area contributed by atoms with Gasteiger partial charge < -0.3 is 14.4 Å². The minimum absolute atomic E-state index is 0.0746. The van der Waals surface area contributed by atoms with E-state index in [1.807, 2.05) is 29.2 Å². The van der Waals surface area contributed by atoms with Gasteiger partial charge in [-0.3, -0.25) is 4.79 Å². The van der Waals surface area contributed by atoms with Gasteiger partial charge in [0.05, 0.1) is 25.0 Å². The number of benzene rings is 1. The van der Waals surface area contributed by atoms with E-state index in [-0.39, 0.29) is 18.2 Å². The summed E-state index contributed by atoms with van der Waals surface area (Å²) in [7, 11) is 0. The van der Waals surface area contributed by atoms with Crippen molar-refractivity contribution in [2.24, 2.45) is 0 Å². The maximum Gasteiger partial charge on any atom is 0.233 e. The van der Waals surface area contributed by atoms with Crippen molar-refractivity contribution in [3.05, 3.63) is 34.9 Å². The number of thioether (sulfide) groups is 1. The molecule has 4 nitrogen and oxygen atoms in total. The summed E-state index contributed by atoms with van der Waals surface area (Å²) in [6, 6.07) is 7.86. The topological polar surface area (TPSA) is 38.8 Å². The van der Waals surface area contributed by atoms with Crippen LogP contribution in [-0.2, 0) is 20.0 Å². The third-order valence-electron chi connectivity index (χ3n) is 4.21. The zero-order valence-corrected chi connectivity index (χ0v) is 14.7. The van der Waals surface area contributed by atoms with E-state index in [0.717, 1.165) is 42.1 Å². The van der Waals surface area contributed by atoms with Crippen LogP contribution in [0.25, 0.3) is 0 Å². The zero-order chi connectivity index (χ0) is 16.1. The summed E-state index contributed by atoms with van der Waals surface area (Å²) in [5.41, 5.74) is 1.15. The van der Waals surface area contributed by atoms with Gasteiger partial charge in [0.15, 0.2) is 6.29 Å². The van der Waals surface area contributed by atoms with Gasteiger partial charge in [-0.1, -0.05) is 23.7 Å². The number of carbonyl (C=O) groups excluding carboxylic acids is 1. The Morgan fingerprint density at radius 1 is 1.30 bits per heavy atom. The number of ether oxygens (including phenoxy) is 2. The fourth-order valence-electron chi connectivity index (χ4n) is 3.11. The van der Waals surface area contributed by atoms with Crippen molar-refractivity contribution in [1.29, 1.82) is 0 Å². The quantitative estimate of drug-likeness (QED) is 0.812. The van der Waals surface area contributed by atoms with E-state index in [4.69, 9.17) is 21.1 Å². The van der Waals surface area contributed by atoms with Crippen LogP contribution in [0.15, 0.2) is 24.3 Å². The molecule has 0 aliphatic carbocycles. The lowest BCUT2D eigenvalue weighted by Crippen LogP contribution is -2.50. The van der Waals surface area contributed by atoms with Crippen LogP contribution in [0.2, 0.25) is 5.02 Å². The molecule has 0 bridgehead atoms. The lowest BCUT2D eigenvalue weighted by atomic mass is 10.0. The van der Waals surface area contributed by atoms with Gasteiger partial charge in [0.1, 0.15) is 0 Å². The summed E-state index contributed by atoms with van der Waals surface area (Å²) in [6.07, 6.45) is 2.92. The number of likely N-dealkylation sites (tertiary alicyclic amines) is 1. The van der Waals surface area contributed by atoms with Gasteiger partial charge in [0.2, 0.25) is 5.91 Å². The molecule has 1 unspecified atom stereocenters. The standard InChI is InChI=1S/C17H22ClNO3S/c18-14-5-3-4-13(10-14)11-23-12-16(20)19-7-2-1-6-15(19)17-21-8-9-22-17/h3-5,10,15,17H,1-2,6-9,11-12H2. The largest absolute Gasteiger partial charge is 0.348 e. The molecule has 1 aromatic rings. The highest BCUT2D eigenvalue weighted by atomic mass is 35.5. The number of piperidine rings is 1. The van der Waals surface area contributed by atoms with Gasteiger partial charge in [-0.05, 0) is 37.0 Å². The van der Waals surface area contributed by atoms with Crippen molar-refractivity contribution in [2.45, 2.75) is 37.3 Å². The van der Waals surface area contributed by atoms with Crippen LogP contribution in [0.4, 0.5) is 0 Å². The van der Waals surface area contributed by atoms with E-state index >= 15 is 0 Å². The van der Waals surface area contributed by atoms with Gasteiger partial charge in [-0.15, -0.1) is 11.8 Å². The molecule has 0 radical (unpaired) electrons. The molecule has 2 heterocycles. The maximum absolute atomic E-state index is 12.6. The van der Waals surface area contributed by atoms with Gasteiger partial charge >= 0.3 is 0 Å². The second kappa shape index (κ2) is 8.38. The first-order valence-electron chi connectivity index (χ1n) is 8.09. The smallest absolute Gasteiger partial charge is 0.233 e. The first kappa shape index (κ1) is 17.1. The molecule has 2 saturated heterocycles. The van der Waals surface area contributed by atoms with Crippen molar-refractivity contribution in [3.63, 3.8) is 0 Å². The molecule has 0 N–H and O–H groups in total. The predicted molar refractivity (Wildman–Crippen MR) is 92.7 cm³/mol. The Morgan fingerprint density at radius 3 is 2.91 bits per heavy atom. The summed E-state index contributed by atoms with van der Waals surface area (Å²) in [4.78, 5) is 14.6. The Labute approximate surface area is 146 Å². The highest BCUT2D eigenvalue weighted by Gasteiger charge is 2.35. The van der Waals surface area contributed by atoms with Crippen molar-refractivity contribution >= 4 is 29.3 Å². The average Bonchev–Trinajstić information content (AvgIpc) is 3.09.